The van der Waals surface area contributed by atoms with Crippen LogP contribution in [-0.2, 0) is 0 Å². The number of benzene rings is 1. The SMILES string of the molecule is COc1ccc(OC)c(C(=O)N2CCCCC2CCN)c1. The highest BCUT2D eigenvalue weighted by Crippen LogP contribution is 2.28. The molecule has 1 aliphatic rings. The number of ether oxygens (including phenoxy) is 2. The molecule has 2 N–H and O–H groups in total. The summed E-state index contributed by atoms with van der Waals surface area (Å²) < 4.78 is 10.5. The Balaban J connectivity index is 2.28. The fourth-order valence-electron chi connectivity index (χ4n) is 2.90. The first-order chi connectivity index (χ1) is 10.2. The molecular formula is C16H24N2O3. The minimum absolute atomic E-state index is 0.00361. The summed E-state index contributed by atoms with van der Waals surface area (Å²) in [7, 11) is 3.17. The van der Waals surface area contributed by atoms with Crippen molar-refractivity contribution in [1.82, 2.24) is 4.90 Å². The van der Waals surface area contributed by atoms with Crippen molar-refractivity contribution < 1.29 is 14.3 Å². The van der Waals surface area contributed by atoms with Crippen molar-refractivity contribution in [2.75, 3.05) is 27.3 Å². The number of nitrogens with zero attached hydrogens (tertiary/aromatic N) is 1. The number of hydrogen-bond acceptors (Lipinski definition) is 4. The summed E-state index contributed by atoms with van der Waals surface area (Å²) in [5, 5.41) is 0. The lowest BCUT2D eigenvalue weighted by Crippen LogP contribution is -2.44. The predicted octanol–water partition coefficient (Wildman–Crippen LogP) is 2.05. The van der Waals surface area contributed by atoms with Crippen LogP contribution >= 0.6 is 0 Å². The van der Waals surface area contributed by atoms with Crippen LogP contribution < -0.4 is 15.2 Å². The molecule has 21 heavy (non-hydrogen) atoms. The van der Waals surface area contributed by atoms with Crippen molar-refractivity contribution in [1.29, 1.82) is 0 Å². The molecule has 0 radical (unpaired) electrons. The van der Waals surface area contributed by atoms with E-state index in [1.165, 1.54) is 0 Å². The topological polar surface area (TPSA) is 64.8 Å². The fourth-order valence-corrected chi connectivity index (χ4v) is 2.90. The number of hydrogen-bond donors (Lipinski definition) is 1. The molecular weight excluding hydrogens is 268 g/mol. The third kappa shape index (κ3) is 3.47. The molecule has 1 unspecified atom stereocenters. The summed E-state index contributed by atoms with van der Waals surface area (Å²) in [4.78, 5) is 14.8. The van der Waals surface area contributed by atoms with Crippen molar-refractivity contribution in [3.8, 4) is 11.5 Å². The first-order valence-electron chi connectivity index (χ1n) is 7.44. The van der Waals surface area contributed by atoms with Crippen LogP contribution in [0.2, 0.25) is 0 Å². The molecule has 0 saturated carbocycles. The first-order valence-corrected chi connectivity index (χ1v) is 7.44. The Hall–Kier alpha value is -1.75. The van der Waals surface area contributed by atoms with Crippen LogP contribution in [-0.4, -0.2) is 44.2 Å². The average molecular weight is 292 g/mol. The number of methoxy groups -OCH3 is 2. The zero-order valence-corrected chi connectivity index (χ0v) is 12.8. The van der Waals surface area contributed by atoms with Gasteiger partial charge in [0, 0.05) is 12.6 Å². The smallest absolute Gasteiger partial charge is 0.258 e. The van der Waals surface area contributed by atoms with E-state index in [9.17, 15) is 4.79 Å². The van der Waals surface area contributed by atoms with Crippen molar-refractivity contribution in [2.45, 2.75) is 31.7 Å². The lowest BCUT2D eigenvalue weighted by molar-refractivity contribution is 0.0601. The van der Waals surface area contributed by atoms with Gasteiger partial charge in [-0.2, -0.15) is 0 Å². The summed E-state index contributed by atoms with van der Waals surface area (Å²) in [6.07, 6.45) is 4.07. The molecule has 1 fully saturated rings. The maximum absolute atomic E-state index is 12.9. The largest absolute Gasteiger partial charge is 0.497 e. The van der Waals surface area contributed by atoms with Gasteiger partial charge in [0.15, 0.2) is 0 Å². The summed E-state index contributed by atoms with van der Waals surface area (Å²) in [5.41, 5.74) is 6.24. The Morgan fingerprint density at radius 1 is 1.33 bits per heavy atom. The zero-order valence-electron chi connectivity index (χ0n) is 12.8. The van der Waals surface area contributed by atoms with E-state index >= 15 is 0 Å². The molecule has 1 aromatic rings. The summed E-state index contributed by atoms with van der Waals surface area (Å²) in [5.74, 6) is 1.24. The highest BCUT2D eigenvalue weighted by Gasteiger charge is 2.28. The zero-order chi connectivity index (χ0) is 15.2. The van der Waals surface area contributed by atoms with Gasteiger partial charge >= 0.3 is 0 Å². The molecule has 5 nitrogen and oxygen atoms in total. The van der Waals surface area contributed by atoms with Gasteiger partial charge in [-0.15, -0.1) is 0 Å². The molecule has 0 bridgehead atoms. The number of carbonyl (C=O) groups is 1. The van der Waals surface area contributed by atoms with E-state index in [-0.39, 0.29) is 11.9 Å². The number of piperidine rings is 1. The average Bonchev–Trinajstić information content (AvgIpc) is 2.54. The van der Waals surface area contributed by atoms with Crippen LogP contribution in [0.15, 0.2) is 18.2 Å². The quantitative estimate of drug-likeness (QED) is 0.902. The second-order valence-electron chi connectivity index (χ2n) is 5.29. The molecule has 1 amide bonds. The van der Waals surface area contributed by atoms with Crippen molar-refractivity contribution in [3.05, 3.63) is 23.8 Å². The Kier molecular flexibility index (Phi) is 5.44. The fraction of sp³-hybridized carbons (Fsp3) is 0.562. The number of nitrogens with two attached hydrogens (primary N) is 1. The Bertz CT molecular complexity index is 488. The molecule has 1 atom stereocenters. The van der Waals surface area contributed by atoms with E-state index < -0.39 is 0 Å². The van der Waals surface area contributed by atoms with Gasteiger partial charge in [0.1, 0.15) is 11.5 Å². The van der Waals surface area contributed by atoms with Crippen LogP contribution in [0.25, 0.3) is 0 Å². The molecule has 1 aromatic carbocycles. The maximum atomic E-state index is 12.9. The highest BCUT2D eigenvalue weighted by molar-refractivity contribution is 5.97. The van der Waals surface area contributed by atoms with Crippen LogP contribution in [0.5, 0.6) is 11.5 Å². The van der Waals surface area contributed by atoms with Gasteiger partial charge in [-0.25, -0.2) is 0 Å². The van der Waals surface area contributed by atoms with Gasteiger partial charge in [-0.3, -0.25) is 4.79 Å². The van der Waals surface area contributed by atoms with Gasteiger partial charge in [0.2, 0.25) is 0 Å². The number of carbonyl (C=O) groups excluding carboxylic acids is 1. The molecule has 0 aliphatic carbocycles. The summed E-state index contributed by atoms with van der Waals surface area (Å²) in [6.45, 7) is 1.38. The number of likely N-dealkylation sites (tertiary alicyclic amines) is 1. The third-order valence-corrected chi connectivity index (χ3v) is 4.02. The third-order valence-electron chi connectivity index (χ3n) is 4.02. The molecule has 116 valence electrons. The molecule has 0 spiro atoms. The first kappa shape index (κ1) is 15.6. The minimum atomic E-state index is 0.00361. The van der Waals surface area contributed by atoms with Gasteiger partial charge in [0.25, 0.3) is 5.91 Å². The van der Waals surface area contributed by atoms with E-state index in [1.807, 2.05) is 4.90 Å². The van der Waals surface area contributed by atoms with Crippen molar-refractivity contribution in [2.24, 2.45) is 5.73 Å². The standard InChI is InChI=1S/C16H24N2O3/c1-20-13-6-7-15(21-2)14(11-13)16(19)18-10-4-3-5-12(18)8-9-17/h6-7,11-12H,3-5,8-10,17H2,1-2H3. The van der Waals surface area contributed by atoms with Crippen molar-refractivity contribution in [3.63, 3.8) is 0 Å². The van der Waals surface area contributed by atoms with Crippen LogP contribution in [0.1, 0.15) is 36.0 Å². The molecule has 0 aromatic heterocycles. The highest BCUT2D eigenvalue weighted by atomic mass is 16.5. The molecule has 1 saturated heterocycles. The van der Waals surface area contributed by atoms with Gasteiger partial charge < -0.3 is 20.1 Å². The van der Waals surface area contributed by atoms with E-state index in [2.05, 4.69) is 0 Å². The van der Waals surface area contributed by atoms with Gasteiger partial charge in [-0.05, 0) is 50.4 Å². The minimum Gasteiger partial charge on any atom is -0.497 e. The van der Waals surface area contributed by atoms with E-state index in [1.54, 1.807) is 32.4 Å². The van der Waals surface area contributed by atoms with Crippen LogP contribution in [0.3, 0.4) is 0 Å². The van der Waals surface area contributed by atoms with Gasteiger partial charge in [0.05, 0.1) is 19.8 Å². The lowest BCUT2D eigenvalue weighted by Gasteiger charge is -2.36. The predicted molar refractivity (Wildman–Crippen MR) is 81.9 cm³/mol. The van der Waals surface area contributed by atoms with E-state index in [0.29, 0.717) is 23.6 Å². The Morgan fingerprint density at radius 2 is 2.14 bits per heavy atom. The second-order valence-corrected chi connectivity index (χ2v) is 5.29. The molecule has 5 heteroatoms. The van der Waals surface area contributed by atoms with Crippen LogP contribution in [0.4, 0.5) is 0 Å². The second kappa shape index (κ2) is 7.31. The lowest BCUT2D eigenvalue weighted by atomic mass is 9.98. The molecule has 1 heterocycles. The monoisotopic (exact) mass is 292 g/mol. The van der Waals surface area contributed by atoms with Gasteiger partial charge in [-0.1, -0.05) is 0 Å². The maximum Gasteiger partial charge on any atom is 0.258 e. The van der Waals surface area contributed by atoms with E-state index in [0.717, 1.165) is 32.2 Å². The number of rotatable bonds is 5. The Morgan fingerprint density at radius 3 is 2.81 bits per heavy atom. The normalized spacial score (nSPS) is 18.4. The summed E-state index contributed by atoms with van der Waals surface area (Å²) >= 11 is 0. The Labute approximate surface area is 126 Å². The molecule has 2 rings (SSSR count). The van der Waals surface area contributed by atoms with Crippen molar-refractivity contribution >= 4 is 5.91 Å². The summed E-state index contributed by atoms with van der Waals surface area (Å²) in [6, 6.07) is 5.54. The van der Waals surface area contributed by atoms with E-state index in [4.69, 9.17) is 15.2 Å². The molecule has 1 aliphatic heterocycles. The van der Waals surface area contributed by atoms with Crippen LogP contribution in [0, 0.1) is 0 Å². The number of amides is 1.